The largest absolute Gasteiger partial charge is 0.497 e. The van der Waals surface area contributed by atoms with Crippen molar-refractivity contribution < 1.29 is 9.53 Å². The summed E-state index contributed by atoms with van der Waals surface area (Å²) in [6, 6.07) is 7.48. The molecule has 0 unspecified atom stereocenters. The number of anilines is 2. The number of amides is 2. The van der Waals surface area contributed by atoms with Gasteiger partial charge >= 0.3 is 6.03 Å². The van der Waals surface area contributed by atoms with E-state index in [-0.39, 0.29) is 6.03 Å². The zero-order valence-electron chi connectivity index (χ0n) is 18.3. The van der Waals surface area contributed by atoms with Gasteiger partial charge in [-0.1, -0.05) is 0 Å². The highest BCUT2D eigenvalue weighted by Gasteiger charge is 2.23. The van der Waals surface area contributed by atoms with E-state index in [1.807, 2.05) is 54.5 Å². The van der Waals surface area contributed by atoms with Gasteiger partial charge in [0.25, 0.3) is 0 Å². The Morgan fingerprint density at radius 3 is 2.39 bits per heavy atom. The lowest BCUT2D eigenvalue weighted by atomic mass is 10.2. The molecular formula is C22H27N7O2. The minimum atomic E-state index is -0.0965. The average molecular weight is 422 g/mol. The number of carbonyl (C=O) groups is 1. The molecule has 1 aliphatic heterocycles. The molecule has 162 valence electrons. The first-order chi connectivity index (χ1) is 15.0. The molecule has 1 aliphatic rings. The van der Waals surface area contributed by atoms with E-state index in [0.717, 1.165) is 40.0 Å². The van der Waals surface area contributed by atoms with Crippen LogP contribution in [0.3, 0.4) is 0 Å². The number of urea groups is 1. The van der Waals surface area contributed by atoms with Gasteiger partial charge in [0.05, 0.1) is 12.8 Å². The topological polar surface area (TPSA) is 88.4 Å². The molecule has 0 atom stereocenters. The number of benzene rings is 1. The van der Waals surface area contributed by atoms with Crippen molar-refractivity contribution in [3.05, 3.63) is 53.9 Å². The molecule has 0 saturated carbocycles. The van der Waals surface area contributed by atoms with E-state index in [2.05, 4.69) is 25.2 Å². The lowest BCUT2D eigenvalue weighted by Crippen LogP contribution is -2.50. The van der Waals surface area contributed by atoms with Crippen molar-refractivity contribution in [1.29, 1.82) is 0 Å². The smallest absolute Gasteiger partial charge is 0.321 e. The van der Waals surface area contributed by atoms with Crippen molar-refractivity contribution in [2.24, 2.45) is 0 Å². The Labute approximate surface area is 181 Å². The number of hydrogen-bond acceptors (Lipinski definition) is 6. The van der Waals surface area contributed by atoms with Crippen molar-refractivity contribution in [2.75, 3.05) is 43.5 Å². The Bertz CT molecular complexity index is 1090. The van der Waals surface area contributed by atoms with Gasteiger partial charge in [0, 0.05) is 43.6 Å². The minimum Gasteiger partial charge on any atom is -0.497 e. The first-order valence-corrected chi connectivity index (χ1v) is 10.2. The molecular weight excluding hydrogens is 394 g/mol. The maximum absolute atomic E-state index is 12.7. The maximum atomic E-state index is 12.7. The lowest BCUT2D eigenvalue weighted by Gasteiger charge is -2.35. The van der Waals surface area contributed by atoms with Gasteiger partial charge in [-0.15, -0.1) is 0 Å². The number of methoxy groups -OCH3 is 1. The van der Waals surface area contributed by atoms with Crippen LogP contribution in [-0.2, 0) is 0 Å². The molecule has 1 aromatic carbocycles. The first-order valence-electron chi connectivity index (χ1n) is 10.2. The molecule has 1 N–H and O–H groups in total. The minimum absolute atomic E-state index is 0.0965. The number of nitrogens with zero attached hydrogens (tertiary/aromatic N) is 6. The molecule has 2 aromatic heterocycles. The summed E-state index contributed by atoms with van der Waals surface area (Å²) >= 11 is 0. The first kappa shape index (κ1) is 20.6. The second-order valence-electron chi connectivity index (χ2n) is 7.60. The number of aromatic nitrogens is 4. The SMILES string of the molecule is COc1ccc(NC(=O)N2CCN(c3cc(-n4cnc(C)c4C)ncn3)CC2)c(C)c1. The van der Waals surface area contributed by atoms with Gasteiger partial charge in [0.1, 0.15) is 30.0 Å². The summed E-state index contributed by atoms with van der Waals surface area (Å²) in [5.74, 6) is 2.41. The van der Waals surface area contributed by atoms with Crippen LogP contribution in [0, 0.1) is 20.8 Å². The molecule has 0 aliphatic carbocycles. The predicted molar refractivity (Wildman–Crippen MR) is 119 cm³/mol. The van der Waals surface area contributed by atoms with Crippen LogP contribution in [-0.4, -0.2) is 63.7 Å². The number of ether oxygens (including phenoxy) is 1. The van der Waals surface area contributed by atoms with E-state index in [1.165, 1.54) is 0 Å². The van der Waals surface area contributed by atoms with Crippen LogP contribution in [0.15, 0.2) is 36.9 Å². The van der Waals surface area contributed by atoms with Crippen LogP contribution in [0.2, 0.25) is 0 Å². The maximum Gasteiger partial charge on any atom is 0.321 e. The molecule has 1 saturated heterocycles. The van der Waals surface area contributed by atoms with E-state index < -0.39 is 0 Å². The van der Waals surface area contributed by atoms with Gasteiger partial charge in [-0.2, -0.15) is 0 Å². The van der Waals surface area contributed by atoms with Crippen LogP contribution in [0.5, 0.6) is 5.75 Å². The van der Waals surface area contributed by atoms with Gasteiger partial charge in [-0.3, -0.25) is 4.57 Å². The van der Waals surface area contributed by atoms with Crippen molar-refractivity contribution >= 4 is 17.5 Å². The molecule has 31 heavy (non-hydrogen) atoms. The molecule has 0 spiro atoms. The molecule has 9 heteroatoms. The van der Waals surface area contributed by atoms with Gasteiger partial charge in [0.2, 0.25) is 0 Å². The molecule has 1 fully saturated rings. The van der Waals surface area contributed by atoms with E-state index in [9.17, 15) is 4.79 Å². The predicted octanol–water partition coefficient (Wildman–Crippen LogP) is 2.95. The normalized spacial score (nSPS) is 13.9. The molecule has 0 radical (unpaired) electrons. The Balaban J connectivity index is 1.39. The van der Waals surface area contributed by atoms with Crippen LogP contribution in [0.1, 0.15) is 17.0 Å². The third-order valence-electron chi connectivity index (χ3n) is 5.70. The zero-order valence-corrected chi connectivity index (χ0v) is 18.3. The second kappa shape index (κ2) is 8.63. The lowest BCUT2D eigenvalue weighted by molar-refractivity contribution is 0.208. The Kier molecular flexibility index (Phi) is 5.75. The summed E-state index contributed by atoms with van der Waals surface area (Å²) in [6.07, 6.45) is 3.35. The van der Waals surface area contributed by atoms with E-state index in [0.29, 0.717) is 26.2 Å². The number of piperazine rings is 1. The summed E-state index contributed by atoms with van der Waals surface area (Å²) in [5.41, 5.74) is 3.79. The Morgan fingerprint density at radius 2 is 1.74 bits per heavy atom. The van der Waals surface area contributed by atoms with Crippen molar-refractivity contribution in [2.45, 2.75) is 20.8 Å². The fourth-order valence-corrected chi connectivity index (χ4v) is 3.61. The summed E-state index contributed by atoms with van der Waals surface area (Å²) in [4.78, 5) is 29.9. The number of aryl methyl sites for hydroxylation is 2. The van der Waals surface area contributed by atoms with Crippen molar-refractivity contribution in [3.63, 3.8) is 0 Å². The second-order valence-corrected chi connectivity index (χ2v) is 7.60. The average Bonchev–Trinajstić information content (AvgIpc) is 3.13. The summed E-state index contributed by atoms with van der Waals surface area (Å²) in [5, 5.41) is 3.00. The van der Waals surface area contributed by atoms with Crippen LogP contribution in [0.25, 0.3) is 5.82 Å². The van der Waals surface area contributed by atoms with E-state index in [4.69, 9.17) is 4.74 Å². The third kappa shape index (κ3) is 4.30. The standard InChI is InChI=1S/C22H27N7O2/c1-15-11-18(31-4)5-6-19(15)26-22(30)28-9-7-27(8-10-28)20-12-21(24-13-23-20)29-14-25-16(2)17(29)3/h5-6,11-14H,7-10H2,1-4H3,(H,26,30). The highest BCUT2D eigenvalue weighted by Crippen LogP contribution is 2.22. The molecule has 3 aromatic rings. The Morgan fingerprint density at radius 1 is 1.00 bits per heavy atom. The van der Waals surface area contributed by atoms with E-state index in [1.54, 1.807) is 19.8 Å². The van der Waals surface area contributed by atoms with Crippen molar-refractivity contribution in [3.8, 4) is 11.6 Å². The molecule has 2 amide bonds. The highest BCUT2D eigenvalue weighted by atomic mass is 16.5. The van der Waals surface area contributed by atoms with Gasteiger partial charge in [-0.05, 0) is 44.5 Å². The fourth-order valence-electron chi connectivity index (χ4n) is 3.61. The highest BCUT2D eigenvalue weighted by molar-refractivity contribution is 5.90. The monoisotopic (exact) mass is 421 g/mol. The van der Waals surface area contributed by atoms with Gasteiger partial charge < -0.3 is 19.9 Å². The number of imidazole rings is 1. The van der Waals surface area contributed by atoms with Crippen LogP contribution >= 0.6 is 0 Å². The van der Waals surface area contributed by atoms with Gasteiger partial charge in [-0.25, -0.2) is 19.7 Å². The molecule has 9 nitrogen and oxygen atoms in total. The molecule has 4 rings (SSSR count). The number of hydrogen-bond donors (Lipinski definition) is 1. The van der Waals surface area contributed by atoms with E-state index >= 15 is 0 Å². The van der Waals surface area contributed by atoms with Crippen LogP contribution in [0.4, 0.5) is 16.3 Å². The number of nitrogens with one attached hydrogen (secondary N) is 1. The summed E-state index contributed by atoms with van der Waals surface area (Å²) in [6.45, 7) is 8.58. The molecule has 0 bridgehead atoms. The number of carbonyl (C=O) groups excluding carboxylic acids is 1. The quantitative estimate of drug-likeness (QED) is 0.697. The summed E-state index contributed by atoms with van der Waals surface area (Å²) in [7, 11) is 1.63. The van der Waals surface area contributed by atoms with Crippen molar-refractivity contribution in [1.82, 2.24) is 24.4 Å². The summed E-state index contributed by atoms with van der Waals surface area (Å²) < 4.78 is 7.19. The third-order valence-corrected chi connectivity index (χ3v) is 5.70. The fraction of sp³-hybridized carbons (Fsp3) is 0.364. The van der Waals surface area contributed by atoms with Crippen LogP contribution < -0.4 is 15.0 Å². The number of rotatable bonds is 4. The molecule has 3 heterocycles. The Hall–Kier alpha value is -3.62. The zero-order chi connectivity index (χ0) is 22.0. The van der Waals surface area contributed by atoms with Gasteiger partial charge in [0.15, 0.2) is 0 Å².